The van der Waals surface area contributed by atoms with E-state index < -0.39 is 17.7 Å². The van der Waals surface area contributed by atoms with Crippen molar-refractivity contribution in [2.45, 2.75) is 19.5 Å². The largest absolute Gasteiger partial charge is 0.481 e. The fraction of sp³-hybridized carbons (Fsp3) is 0.250. The summed E-state index contributed by atoms with van der Waals surface area (Å²) in [5, 5.41) is 16.2. The van der Waals surface area contributed by atoms with Gasteiger partial charge in [-0.15, -0.1) is 5.10 Å². The predicted octanol–water partition coefficient (Wildman–Crippen LogP) is 2.98. The van der Waals surface area contributed by atoms with Crippen LogP contribution in [0.25, 0.3) is 5.69 Å². The summed E-state index contributed by atoms with van der Waals surface area (Å²) >= 11 is 3.16. The molecule has 9 heteroatoms. The number of carboxylic acid groups (broad SMARTS) is 1. The number of benzene rings is 1. The first-order valence-electron chi connectivity index (χ1n) is 5.70. The minimum absolute atomic E-state index is 0.145. The highest BCUT2D eigenvalue weighted by molar-refractivity contribution is 9.10. The fourth-order valence-electron chi connectivity index (χ4n) is 1.75. The van der Waals surface area contributed by atoms with E-state index in [1.807, 2.05) is 0 Å². The van der Waals surface area contributed by atoms with Gasteiger partial charge >= 0.3 is 12.1 Å². The SMILES string of the molecule is Cc1c(CC(=O)O)nnn1-c1cc(C(F)(F)F)ccc1Br. The molecule has 0 atom stereocenters. The van der Waals surface area contributed by atoms with Crippen LogP contribution in [0.3, 0.4) is 0 Å². The Labute approximate surface area is 125 Å². The molecule has 0 saturated carbocycles. The van der Waals surface area contributed by atoms with Crippen LogP contribution >= 0.6 is 15.9 Å². The zero-order valence-electron chi connectivity index (χ0n) is 10.6. The molecule has 0 spiro atoms. The second-order valence-electron chi connectivity index (χ2n) is 4.27. The third kappa shape index (κ3) is 3.23. The second-order valence-corrected chi connectivity index (χ2v) is 5.12. The maximum atomic E-state index is 12.8. The molecule has 5 nitrogen and oxygen atoms in total. The number of hydrogen-bond donors (Lipinski definition) is 1. The summed E-state index contributed by atoms with van der Waals surface area (Å²) in [5.41, 5.74) is -0.105. The van der Waals surface area contributed by atoms with E-state index in [9.17, 15) is 18.0 Å². The fourth-order valence-corrected chi connectivity index (χ4v) is 2.16. The molecule has 0 fully saturated rings. The van der Waals surface area contributed by atoms with Crippen molar-refractivity contribution in [2.24, 2.45) is 0 Å². The number of rotatable bonds is 3. The van der Waals surface area contributed by atoms with Crippen LogP contribution in [0, 0.1) is 6.92 Å². The van der Waals surface area contributed by atoms with E-state index in [4.69, 9.17) is 5.11 Å². The Balaban J connectivity index is 2.52. The average molecular weight is 364 g/mol. The summed E-state index contributed by atoms with van der Waals surface area (Å²) in [6, 6.07) is 3.13. The average Bonchev–Trinajstić information content (AvgIpc) is 2.70. The maximum absolute atomic E-state index is 12.8. The summed E-state index contributed by atoms with van der Waals surface area (Å²) in [6.45, 7) is 1.55. The van der Waals surface area contributed by atoms with E-state index in [1.54, 1.807) is 6.92 Å². The molecule has 0 aliphatic carbocycles. The first-order valence-corrected chi connectivity index (χ1v) is 6.49. The Kier molecular flexibility index (Phi) is 4.04. The summed E-state index contributed by atoms with van der Waals surface area (Å²) in [7, 11) is 0. The van der Waals surface area contributed by atoms with Crippen molar-refractivity contribution in [3.8, 4) is 5.69 Å². The summed E-state index contributed by atoms with van der Waals surface area (Å²) in [4.78, 5) is 10.7. The molecular formula is C12H9BrF3N3O2. The molecule has 0 aliphatic rings. The number of carboxylic acids is 1. The van der Waals surface area contributed by atoms with E-state index in [-0.39, 0.29) is 17.8 Å². The molecule has 1 aromatic carbocycles. The van der Waals surface area contributed by atoms with E-state index in [0.717, 1.165) is 12.1 Å². The number of halogens is 4. The Morgan fingerprint density at radius 1 is 1.43 bits per heavy atom. The lowest BCUT2D eigenvalue weighted by molar-refractivity contribution is -0.138. The van der Waals surface area contributed by atoms with Crippen molar-refractivity contribution in [3.63, 3.8) is 0 Å². The van der Waals surface area contributed by atoms with Crippen LogP contribution in [0.2, 0.25) is 0 Å². The highest BCUT2D eigenvalue weighted by Crippen LogP contribution is 2.33. The van der Waals surface area contributed by atoms with E-state index in [1.165, 1.54) is 10.7 Å². The highest BCUT2D eigenvalue weighted by atomic mass is 79.9. The molecule has 0 saturated heterocycles. The van der Waals surface area contributed by atoms with Gasteiger partial charge in [0, 0.05) is 4.47 Å². The number of aromatic nitrogens is 3. The van der Waals surface area contributed by atoms with E-state index >= 15 is 0 Å². The molecule has 112 valence electrons. The van der Waals surface area contributed by atoms with E-state index in [2.05, 4.69) is 26.2 Å². The predicted molar refractivity (Wildman–Crippen MR) is 70.1 cm³/mol. The van der Waals surface area contributed by atoms with Crippen LogP contribution in [-0.4, -0.2) is 26.1 Å². The molecule has 0 bridgehead atoms. The Hall–Kier alpha value is -1.90. The van der Waals surface area contributed by atoms with Gasteiger partial charge in [0.25, 0.3) is 0 Å². The highest BCUT2D eigenvalue weighted by Gasteiger charge is 2.31. The monoisotopic (exact) mass is 363 g/mol. The third-order valence-electron chi connectivity index (χ3n) is 2.81. The van der Waals surface area contributed by atoms with Crippen molar-refractivity contribution < 1.29 is 23.1 Å². The molecule has 0 unspecified atom stereocenters. The normalized spacial score (nSPS) is 11.7. The van der Waals surface area contributed by atoms with Gasteiger partial charge in [-0.2, -0.15) is 13.2 Å². The van der Waals surface area contributed by atoms with Gasteiger partial charge in [-0.3, -0.25) is 4.79 Å². The number of alkyl halides is 3. The van der Waals surface area contributed by atoms with Gasteiger partial charge in [0.15, 0.2) is 0 Å². The molecule has 1 heterocycles. The van der Waals surface area contributed by atoms with Crippen molar-refractivity contribution >= 4 is 21.9 Å². The number of hydrogen-bond acceptors (Lipinski definition) is 3. The van der Waals surface area contributed by atoms with Gasteiger partial charge < -0.3 is 5.11 Å². The van der Waals surface area contributed by atoms with Crippen LogP contribution in [0.5, 0.6) is 0 Å². The van der Waals surface area contributed by atoms with Gasteiger partial charge in [-0.1, -0.05) is 5.21 Å². The van der Waals surface area contributed by atoms with Crippen LogP contribution in [-0.2, 0) is 17.4 Å². The quantitative estimate of drug-likeness (QED) is 0.910. The lowest BCUT2D eigenvalue weighted by atomic mass is 10.2. The summed E-state index contributed by atoms with van der Waals surface area (Å²) in [6.07, 6.45) is -4.82. The molecule has 0 radical (unpaired) electrons. The maximum Gasteiger partial charge on any atom is 0.416 e. The Morgan fingerprint density at radius 2 is 2.10 bits per heavy atom. The first kappa shape index (κ1) is 15.5. The Morgan fingerprint density at radius 3 is 2.67 bits per heavy atom. The van der Waals surface area contributed by atoms with Crippen molar-refractivity contribution in [1.29, 1.82) is 0 Å². The third-order valence-corrected chi connectivity index (χ3v) is 3.48. The van der Waals surface area contributed by atoms with Crippen molar-refractivity contribution in [3.05, 3.63) is 39.6 Å². The zero-order valence-corrected chi connectivity index (χ0v) is 12.2. The number of carbonyl (C=O) groups is 1. The number of aliphatic carboxylic acids is 1. The molecular weight excluding hydrogens is 355 g/mol. The number of nitrogens with zero attached hydrogens (tertiary/aromatic N) is 3. The molecule has 21 heavy (non-hydrogen) atoms. The van der Waals surface area contributed by atoms with Crippen LogP contribution < -0.4 is 0 Å². The minimum atomic E-state index is -4.48. The van der Waals surface area contributed by atoms with Gasteiger partial charge in [-0.25, -0.2) is 4.68 Å². The lowest BCUT2D eigenvalue weighted by Crippen LogP contribution is -2.08. The minimum Gasteiger partial charge on any atom is -0.481 e. The molecule has 1 N–H and O–H groups in total. The first-order chi connectivity index (χ1) is 9.70. The van der Waals surface area contributed by atoms with Crippen molar-refractivity contribution in [1.82, 2.24) is 15.0 Å². The van der Waals surface area contributed by atoms with Crippen LogP contribution in [0.15, 0.2) is 22.7 Å². The smallest absolute Gasteiger partial charge is 0.416 e. The van der Waals surface area contributed by atoms with Gasteiger partial charge in [0.1, 0.15) is 0 Å². The van der Waals surface area contributed by atoms with Gasteiger partial charge in [0.2, 0.25) is 0 Å². The Bertz CT molecular complexity index is 698. The molecule has 0 aliphatic heterocycles. The zero-order chi connectivity index (χ0) is 15.8. The van der Waals surface area contributed by atoms with Crippen molar-refractivity contribution in [2.75, 3.05) is 0 Å². The van der Waals surface area contributed by atoms with Gasteiger partial charge in [-0.05, 0) is 41.1 Å². The molecule has 2 aromatic rings. The topological polar surface area (TPSA) is 68.0 Å². The summed E-state index contributed by atoms with van der Waals surface area (Å²) < 4.78 is 39.8. The molecule has 0 amide bonds. The standard InChI is InChI=1S/C12H9BrF3N3O2/c1-6-9(5-11(20)21)17-18-19(6)10-4-7(12(14,15)16)2-3-8(10)13/h2-4H,5H2,1H3,(H,20,21). The summed E-state index contributed by atoms with van der Waals surface area (Å²) in [5.74, 6) is -1.09. The lowest BCUT2D eigenvalue weighted by Gasteiger charge is -2.11. The second kappa shape index (κ2) is 5.47. The van der Waals surface area contributed by atoms with Gasteiger partial charge in [0.05, 0.1) is 29.1 Å². The van der Waals surface area contributed by atoms with Crippen LogP contribution in [0.4, 0.5) is 13.2 Å². The van der Waals surface area contributed by atoms with E-state index in [0.29, 0.717) is 10.2 Å². The molecule has 1 aromatic heterocycles. The van der Waals surface area contributed by atoms with Crippen LogP contribution in [0.1, 0.15) is 17.0 Å². The molecule has 2 rings (SSSR count).